The quantitative estimate of drug-likeness (QED) is 0.563. The Hall–Kier alpha value is -1.36. The van der Waals surface area contributed by atoms with Gasteiger partial charge < -0.3 is 10.1 Å². The molecule has 1 heterocycles. The number of nitrogens with one attached hydrogen (secondary N) is 1. The Bertz CT molecular complexity index is 374. The van der Waals surface area contributed by atoms with Crippen molar-refractivity contribution in [2.75, 3.05) is 13.2 Å². The normalized spacial score (nSPS) is 10.6. The predicted octanol–water partition coefficient (Wildman–Crippen LogP) is 1.51. The van der Waals surface area contributed by atoms with Gasteiger partial charge in [0.05, 0.1) is 24.4 Å². The highest BCUT2D eigenvalue weighted by Crippen LogP contribution is 2.05. The Morgan fingerprint density at radius 2 is 2.22 bits per heavy atom. The van der Waals surface area contributed by atoms with E-state index in [0.29, 0.717) is 19.6 Å². The average Bonchev–Trinajstić information content (AvgIpc) is 2.77. The second-order valence-corrected chi connectivity index (χ2v) is 4.03. The van der Waals surface area contributed by atoms with E-state index >= 15 is 0 Å². The van der Waals surface area contributed by atoms with Crippen LogP contribution < -0.4 is 5.32 Å². The van der Waals surface area contributed by atoms with Crippen LogP contribution in [0.5, 0.6) is 0 Å². The van der Waals surface area contributed by atoms with Crippen LogP contribution in [0.4, 0.5) is 0 Å². The SMILES string of the molecule is CCOC(=O)CCNCc1cc(CC)nn1CC. The zero-order chi connectivity index (χ0) is 13.4. The summed E-state index contributed by atoms with van der Waals surface area (Å²) < 4.78 is 6.86. The molecule has 1 rings (SSSR count). The van der Waals surface area contributed by atoms with E-state index in [1.165, 1.54) is 5.69 Å². The Kier molecular flexibility index (Phi) is 6.43. The van der Waals surface area contributed by atoms with Crippen LogP contribution in [-0.2, 0) is 29.0 Å². The van der Waals surface area contributed by atoms with Crippen LogP contribution in [0.25, 0.3) is 0 Å². The largest absolute Gasteiger partial charge is 0.466 e. The van der Waals surface area contributed by atoms with Crippen LogP contribution in [0.1, 0.15) is 38.6 Å². The zero-order valence-corrected chi connectivity index (χ0v) is 11.5. The number of nitrogens with zero attached hydrogens (tertiary/aromatic N) is 2. The smallest absolute Gasteiger partial charge is 0.307 e. The molecule has 0 aromatic carbocycles. The molecule has 0 spiro atoms. The van der Waals surface area contributed by atoms with Crippen molar-refractivity contribution in [2.24, 2.45) is 0 Å². The van der Waals surface area contributed by atoms with E-state index in [4.69, 9.17) is 4.74 Å². The number of hydrogen-bond acceptors (Lipinski definition) is 4. The number of hydrogen-bond donors (Lipinski definition) is 1. The van der Waals surface area contributed by atoms with Gasteiger partial charge in [-0.3, -0.25) is 9.48 Å². The number of rotatable bonds is 8. The predicted molar refractivity (Wildman–Crippen MR) is 70.2 cm³/mol. The molecular formula is C13H23N3O2. The van der Waals surface area contributed by atoms with Crippen LogP contribution in [0, 0.1) is 0 Å². The molecule has 0 aliphatic heterocycles. The molecule has 0 aliphatic rings. The number of carbonyl (C=O) groups is 1. The van der Waals surface area contributed by atoms with Crippen molar-refractivity contribution < 1.29 is 9.53 Å². The summed E-state index contributed by atoms with van der Waals surface area (Å²) in [6.07, 6.45) is 1.36. The van der Waals surface area contributed by atoms with Gasteiger partial charge in [0.25, 0.3) is 0 Å². The van der Waals surface area contributed by atoms with Gasteiger partial charge in [-0.05, 0) is 26.3 Å². The van der Waals surface area contributed by atoms with Crippen molar-refractivity contribution in [3.63, 3.8) is 0 Å². The second-order valence-electron chi connectivity index (χ2n) is 4.03. The van der Waals surface area contributed by atoms with Crippen molar-refractivity contribution in [3.8, 4) is 0 Å². The van der Waals surface area contributed by atoms with Crippen LogP contribution in [-0.4, -0.2) is 28.9 Å². The number of esters is 1. The van der Waals surface area contributed by atoms with E-state index in [1.54, 1.807) is 0 Å². The molecule has 18 heavy (non-hydrogen) atoms. The molecule has 0 aliphatic carbocycles. The lowest BCUT2D eigenvalue weighted by Gasteiger charge is -2.06. The van der Waals surface area contributed by atoms with Crippen LogP contribution in [0.3, 0.4) is 0 Å². The third-order valence-corrected chi connectivity index (χ3v) is 2.69. The van der Waals surface area contributed by atoms with E-state index in [0.717, 1.165) is 25.2 Å². The van der Waals surface area contributed by atoms with Crippen LogP contribution >= 0.6 is 0 Å². The molecule has 0 amide bonds. The van der Waals surface area contributed by atoms with E-state index in [9.17, 15) is 4.79 Å². The number of aryl methyl sites for hydroxylation is 2. The Labute approximate surface area is 109 Å². The molecule has 0 unspecified atom stereocenters. The fourth-order valence-electron chi connectivity index (χ4n) is 1.74. The lowest BCUT2D eigenvalue weighted by Crippen LogP contribution is -2.20. The molecule has 5 nitrogen and oxygen atoms in total. The summed E-state index contributed by atoms with van der Waals surface area (Å²) in [7, 11) is 0. The Balaban J connectivity index is 2.34. The summed E-state index contributed by atoms with van der Waals surface area (Å²) in [4.78, 5) is 11.1. The summed E-state index contributed by atoms with van der Waals surface area (Å²) in [5.74, 6) is -0.150. The number of ether oxygens (including phenoxy) is 1. The highest BCUT2D eigenvalue weighted by molar-refractivity contribution is 5.69. The fourth-order valence-corrected chi connectivity index (χ4v) is 1.74. The summed E-state index contributed by atoms with van der Waals surface area (Å²) in [6, 6.07) is 2.11. The first-order valence-corrected chi connectivity index (χ1v) is 6.63. The molecule has 0 saturated carbocycles. The summed E-state index contributed by atoms with van der Waals surface area (Å²) >= 11 is 0. The van der Waals surface area contributed by atoms with Crippen LogP contribution in [0.15, 0.2) is 6.07 Å². The van der Waals surface area contributed by atoms with Gasteiger partial charge in [-0.1, -0.05) is 6.92 Å². The Morgan fingerprint density at radius 3 is 2.83 bits per heavy atom. The molecule has 5 heteroatoms. The third kappa shape index (κ3) is 4.49. The number of carbonyl (C=O) groups excluding carboxylic acids is 1. The fraction of sp³-hybridized carbons (Fsp3) is 0.692. The van der Waals surface area contributed by atoms with Gasteiger partial charge in [0.1, 0.15) is 0 Å². The van der Waals surface area contributed by atoms with E-state index < -0.39 is 0 Å². The molecule has 1 aromatic heterocycles. The van der Waals surface area contributed by atoms with Crippen LogP contribution in [0.2, 0.25) is 0 Å². The van der Waals surface area contributed by atoms with Crippen molar-refractivity contribution in [3.05, 3.63) is 17.5 Å². The lowest BCUT2D eigenvalue weighted by molar-refractivity contribution is -0.142. The standard InChI is InChI=1S/C13H23N3O2/c1-4-11-9-12(16(5-2)15-11)10-14-8-7-13(17)18-6-3/h9,14H,4-8,10H2,1-3H3. The maximum Gasteiger partial charge on any atom is 0.307 e. The van der Waals surface area contributed by atoms with Gasteiger partial charge in [0, 0.05) is 19.6 Å². The van der Waals surface area contributed by atoms with Crippen molar-refractivity contribution in [1.29, 1.82) is 0 Å². The second kappa shape index (κ2) is 7.87. The maximum absolute atomic E-state index is 11.1. The first kappa shape index (κ1) is 14.7. The molecule has 0 fully saturated rings. The molecule has 0 bridgehead atoms. The minimum absolute atomic E-state index is 0.150. The third-order valence-electron chi connectivity index (χ3n) is 2.69. The average molecular weight is 253 g/mol. The van der Waals surface area contributed by atoms with E-state index in [1.807, 2.05) is 11.6 Å². The monoisotopic (exact) mass is 253 g/mol. The van der Waals surface area contributed by atoms with E-state index in [-0.39, 0.29) is 5.97 Å². The highest BCUT2D eigenvalue weighted by atomic mass is 16.5. The molecule has 102 valence electrons. The first-order valence-electron chi connectivity index (χ1n) is 6.63. The topological polar surface area (TPSA) is 56.1 Å². The van der Waals surface area contributed by atoms with Gasteiger partial charge in [-0.15, -0.1) is 0 Å². The summed E-state index contributed by atoms with van der Waals surface area (Å²) in [5, 5.41) is 7.72. The molecule has 1 aromatic rings. The lowest BCUT2D eigenvalue weighted by atomic mass is 10.3. The van der Waals surface area contributed by atoms with Crippen molar-refractivity contribution in [1.82, 2.24) is 15.1 Å². The zero-order valence-electron chi connectivity index (χ0n) is 11.5. The first-order chi connectivity index (χ1) is 8.71. The van der Waals surface area contributed by atoms with Gasteiger partial charge in [0.2, 0.25) is 0 Å². The van der Waals surface area contributed by atoms with Gasteiger partial charge in [-0.2, -0.15) is 5.10 Å². The van der Waals surface area contributed by atoms with Gasteiger partial charge in [0.15, 0.2) is 0 Å². The minimum atomic E-state index is -0.150. The minimum Gasteiger partial charge on any atom is -0.466 e. The highest BCUT2D eigenvalue weighted by Gasteiger charge is 2.06. The van der Waals surface area contributed by atoms with Crippen molar-refractivity contribution in [2.45, 2.75) is 46.7 Å². The summed E-state index contributed by atoms with van der Waals surface area (Å²) in [5.41, 5.74) is 2.28. The molecule has 0 radical (unpaired) electrons. The summed E-state index contributed by atoms with van der Waals surface area (Å²) in [6.45, 7) is 8.68. The Morgan fingerprint density at radius 1 is 1.44 bits per heavy atom. The van der Waals surface area contributed by atoms with E-state index in [2.05, 4.69) is 30.3 Å². The molecule has 1 N–H and O–H groups in total. The number of aromatic nitrogens is 2. The molecular weight excluding hydrogens is 230 g/mol. The molecule has 0 atom stereocenters. The molecule has 0 saturated heterocycles. The maximum atomic E-state index is 11.1. The van der Waals surface area contributed by atoms with Gasteiger partial charge >= 0.3 is 5.97 Å². The van der Waals surface area contributed by atoms with Gasteiger partial charge in [-0.25, -0.2) is 0 Å². The van der Waals surface area contributed by atoms with Crippen molar-refractivity contribution >= 4 is 5.97 Å².